The van der Waals surface area contributed by atoms with Crippen LogP contribution < -0.4 is 0 Å². The molecule has 78 valence electrons. The van der Waals surface area contributed by atoms with Crippen LogP contribution in [0, 0.1) is 6.92 Å². The first-order valence-corrected chi connectivity index (χ1v) is 5.77. The minimum absolute atomic E-state index is 0.401. The van der Waals surface area contributed by atoms with Crippen LogP contribution in [0.3, 0.4) is 0 Å². The third kappa shape index (κ3) is 2.37. The first kappa shape index (κ1) is 10.6. The van der Waals surface area contributed by atoms with Gasteiger partial charge in [-0.15, -0.1) is 11.3 Å². The third-order valence-corrected chi connectivity index (χ3v) is 3.22. The summed E-state index contributed by atoms with van der Waals surface area (Å²) in [7, 11) is 0. The van der Waals surface area contributed by atoms with Crippen molar-refractivity contribution in [3.63, 3.8) is 0 Å². The number of rotatable bonds is 2. The maximum Gasteiger partial charge on any atom is 0.129 e. The van der Waals surface area contributed by atoms with Crippen molar-refractivity contribution in [3.8, 4) is 0 Å². The van der Waals surface area contributed by atoms with Gasteiger partial charge in [0.25, 0.3) is 0 Å². The Morgan fingerprint density at radius 1 is 1.40 bits per heavy atom. The van der Waals surface area contributed by atoms with Crippen LogP contribution in [0.1, 0.15) is 22.1 Å². The fourth-order valence-electron chi connectivity index (χ4n) is 1.39. The molecule has 0 bridgehead atoms. The summed E-state index contributed by atoms with van der Waals surface area (Å²) in [5.41, 5.74) is 1.67. The zero-order valence-corrected chi connectivity index (χ0v) is 9.72. The number of pyridine rings is 1. The molecule has 0 spiro atoms. The van der Waals surface area contributed by atoms with Gasteiger partial charge in [-0.1, -0.05) is 11.6 Å². The minimum Gasteiger partial charge on any atom is -0.384 e. The van der Waals surface area contributed by atoms with Crippen LogP contribution in [0.4, 0.5) is 0 Å². The number of hydrogen-bond acceptors (Lipinski definition) is 3. The first-order valence-electron chi connectivity index (χ1n) is 4.51. The quantitative estimate of drug-likeness (QED) is 0.817. The highest BCUT2D eigenvalue weighted by Gasteiger charge is 2.11. The second-order valence-corrected chi connectivity index (χ2v) is 4.81. The summed E-state index contributed by atoms with van der Waals surface area (Å²) in [6, 6.07) is 5.42. The van der Waals surface area contributed by atoms with Gasteiger partial charge in [-0.3, -0.25) is 0 Å². The number of aromatic nitrogens is 1. The number of aliphatic hydroxyl groups is 1. The van der Waals surface area contributed by atoms with E-state index in [-0.39, 0.29) is 0 Å². The molecule has 0 saturated heterocycles. The van der Waals surface area contributed by atoms with E-state index in [0.29, 0.717) is 5.15 Å². The monoisotopic (exact) mass is 239 g/mol. The summed E-state index contributed by atoms with van der Waals surface area (Å²) < 4.78 is 0. The third-order valence-electron chi connectivity index (χ3n) is 2.13. The molecule has 0 amide bonds. The molecule has 2 aromatic heterocycles. The highest BCUT2D eigenvalue weighted by Crippen LogP contribution is 2.26. The van der Waals surface area contributed by atoms with E-state index in [1.54, 1.807) is 29.7 Å². The van der Waals surface area contributed by atoms with Crippen molar-refractivity contribution in [2.24, 2.45) is 0 Å². The minimum atomic E-state index is -0.615. The van der Waals surface area contributed by atoms with Crippen LogP contribution >= 0.6 is 22.9 Å². The molecule has 0 aromatic carbocycles. The number of halogens is 1. The Labute approximate surface area is 97.2 Å². The standard InChI is InChI=1S/C11H10ClNOS/c1-7-4-9(6-15-7)11(14)8-2-3-13-10(12)5-8/h2-6,11,14H,1H3. The van der Waals surface area contributed by atoms with Gasteiger partial charge < -0.3 is 5.11 Å². The first-order chi connectivity index (χ1) is 7.16. The van der Waals surface area contributed by atoms with Crippen LogP contribution in [0.15, 0.2) is 29.8 Å². The lowest BCUT2D eigenvalue weighted by molar-refractivity contribution is 0.220. The number of aryl methyl sites for hydroxylation is 1. The average Bonchev–Trinajstić information content (AvgIpc) is 2.64. The second kappa shape index (κ2) is 4.31. The number of aliphatic hydroxyl groups excluding tert-OH is 1. The van der Waals surface area contributed by atoms with Gasteiger partial charge in [0.2, 0.25) is 0 Å². The van der Waals surface area contributed by atoms with Gasteiger partial charge in [-0.2, -0.15) is 0 Å². The zero-order valence-electron chi connectivity index (χ0n) is 8.14. The fraction of sp³-hybridized carbons (Fsp3) is 0.182. The van der Waals surface area contributed by atoms with Crippen LogP contribution in [-0.4, -0.2) is 10.1 Å². The molecule has 0 aliphatic heterocycles. The molecule has 4 heteroatoms. The Morgan fingerprint density at radius 3 is 2.80 bits per heavy atom. The molecule has 0 radical (unpaired) electrons. The molecule has 1 N–H and O–H groups in total. The average molecular weight is 240 g/mol. The maximum absolute atomic E-state index is 10.0. The normalized spacial score (nSPS) is 12.7. The predicted molar refractivity (Wildman–Crippen MR) is 62.4 cm³/mol. The number of thiophene rings is 1. The van der Waals surface area contributed by atoms with Crippen molar-refractivity contribution < 1.29 is 5.11 Å². The summed E-state index contributed by atoms with van der Waals surface area (Å²) in [6.45, 7) is 2.01. The smallest absolute Gasteiger partial charge is 0.129 e. The van der Waals surface area contributed by atoms with E-state index in [0.717, 1.165) is 11.1 Å². The fourth-order valence-corrected chi connectivity index (χ4v) is 2.29. The maximum atomic E-state index is 10.0. The van der Waals surface area contributed by atoms with Gasteiger partial charge in [0.05, 0.1) is 0 Å². The van der Waals surface area contributed by atoms with Crippen LogP contribution in [0.5, 0.6) is 0 Å². The lowest BCUT2D eigenvalue weighted by Crippen LogP contribution is -1.98. The molecule has 15 heavy (non-hydrogen) atoms. The molecule has 1 atom stereocenters. The van der Waals surface area contributed by atoms with E-state index < -0.39 is 6.10 Å². The molecule has 0 aliphatic carbocycles. The number of hydrogen-bond donors (Lipinski definition) is 1. The Hall–Kier alpha value is -0.900. The molecule has 2 rings (SSSR count). The van der Waals surface area contributed by atoms with E-state index in [9.17, 15) is 5.11 Å². The van der Waals surface area contributed by atoms with Crippen molar-refractivity contribution in [1.29, 1.82) is 0 Å². The molecular formula is C11H10ClNOS. The van der Waals surface area contributed by atoms with Crippen LogP contribution in [0.25, 0.3) is 0 Å². The largest absolute Gasteiger partial charge is 0.384 e. The highest BCUT2D eigenvalue weighted by molar-refractivity contribution is 7.10. The summed E-state index contributed by atoms with van der Waals surface area (Å²) in [5.74, 6) is 0. The van der Waals surface area contributed by atoms with Gasteiger partial charge >= 0.3 is 0 Å². The Morgan fingerprint density at radius 2 is 2.20 bits per heavy atom. The topological polar surface area (TPSA) is 33.1 Å². The summed E-state index contributed by atoms with van der Waals surface area (Å²) in [4.78, 5) is 5.06. The van der Waals surface area contributed by atoms with Crippen LogP contribution in [-0.2, 0) is 0 Å². The molecule has 0 saturated carbocycles. The van der Waals surface area contributed by atoms with Crippen molar-refractivity contribution in [3.05, 3.63) is 50.9 Å². The molecule has 0 aliphatic rings. The molecule has 1 unspecified atom stereocenters. The molecule has 2 aromatic rings. The van der Waals surface area contributed by atoms with Gasteiger partial charge in [0.1, 0.15) is 11.3 Å². The Balaban J connectivity index is 2.32. The van der Waals surface area contributed by atoms with E-state index >= 15 is 0 Å². The predicted octanol–water partition coefficient (Wildman–Crippen LogP) is 3.19. The van der Waals surface area contributed by atoms with Gasteiger partial charge in [0, 0.05) is 11.1 Å². The van der Waals surface area contributed by atoms with Crippen LogP contribution in [0.2, 0.25) is 5.15 Å². The van der Waals surface area contributed by atoms with Gasteiger partial charge in [-0.05, 0) is 41.6 Å². The lowest BCUT2D eigenvalue weighted by Gasteiger charge is -2.08. The van der Waals surface area contributed by atoms with Crippen molar-refractivity contribution >= 4 is 22.9 Å². The van der Waals surface area contributed by atoms with Gasteiger partial charge in [0.15, 0.2) is 0 Å². The lowest BCUT2D eigenvalue weighted by atomic mass is 10.1. The number of nitrogens with zero attached hydrogens (tertiary/aromatic N) is 1. The second-order valence-electron chi connectivity index (χ2n) is 3.31. The molecule has 0 fully saturated rings. The van der Waals surface area contributed by atoms with E-state index in [4.69, 9.17) is 11.6 Å². The summed E-state index contributed by atoms with van der Waals surface area (Å²) in [6.07, 6.45) is 0.982. The van der Waals surface area contributed by atoms with Gasteiger partial charge in [-0.25, -0.2) is 4.98 Å². The van der Waals surface area contributed by atoms with E-state index in [1.165, 1.54) is 4.88 Å². The SMILES string of the molecule is Cc1cc(C(O)c2ccnc(Cl)c2)cs1. The Kier molecular flexibility index (Phi) is 3.05. The van der Waals surface area contributed by atoms with Crippen molar-refractivity contribution in [1.82, 2.24) is 4.98 Å². The zero-order chi connectivity index (χ0) is 10.8. The molecule has 2 nitrogen and oxygen atoms in total. The van der Waals surface area contributed by atoms with E-state index in [1.807, 2.05) is 18.4 Å². The van der Waals surface area contributed by atoms with Crippen molar-refractivity contribution in [2.75, 3.05) is 0 Å². The summed E-state index contributed by atoms with van der Waals surface area (Å²) >= 11 is 7.38. The highest BCUT2D eigenvalue weighted by atomic mass is 35.5. The summed E-state index contributed by atoms with van der Waals surface area (Å²) in [5, 5.41) is 12.4. The van der Waals surface area contributed by atoms with E-state index in [2.05, 4.69) is 4.98 Å². The molecular weight excluding hydrogens is 230 g/mol. The van der Waals surface area contributed by atoms with Crippen molar-refractivity contribution in [2.45, 2.75) is 13.0 Å². The Bertz CT molecular complexity index is 469. The molecule has 2 heterocycles.